The number of fused-ring (bicyclic) bond motifs is 1. The van der Waals surface area contributed by atoms with E-state index in [1.54, 1.807) is 7.11 Å². The van der Waals surface area contributed by atoms with E-state index >= 15 is 0 Å². The number of halogens is 1. The van der Waals surface area contributed by atoms with Gasteiger partial charge in [-0.1, -0.05) is 23.7 Å². The summed E-state index contributed by atoms with van der Waals surface area (Å²) in [5.41, 5.74) is 3.42. The molecule has 1 aromatic carbocycles. The van der Waals surface area contributed by atoms with Gasteiger partial charge < -0.3 is 9.47 Å². The summed E-state index contributed by atoms with van der Waals surface area (Å²) in [6.45, 7) is 0.525. The quantitative estimate of drug-likeness (QED) is 0.793. The number of aryl methyl sites for hydroxylation is 1. The van der Waals surface area contributed by atoms with Crippen molar-refractivity contribution in [2.45, 2.75) is 32.3 Å². The van der Waals surface area contributed by atoms with E-state index in [1.165, 1.54) is 18.4 Å². The van der Waals surface area contributed by atoms with Crippen LogP contribution in [0.5, 0.6) is 11.5 Å². The van der Waals surface area contributed by atoms with Crippen LogP contribution in [0.2, 0.25) is 5.15 Å². The smallest absolute Gasteiger partial charge is 0.133 e. The fourth-order valence-corrected chi connectivity index (χ4v) is 2.85. The summed E-state index contributed by atoms with van der Waals surface area (Å²) in [7, 11) is 1.66. The van der Waals surface area contributed by atoms with Crippen LogP contribution >= 0.6 is 11.6 Å². The Hall–Kier alpha value is -1.74. The van der Waals surface area contributed by atoms with Crippen molar-refractivity contribution in [1.29, 1.82) is 0 Å². The standard InChI is InChI=1S/C17H18ClNO2/c1-20-13-8-6-12(7-9-13)11-21-16-10-17(18)19-15-5-3-2-4-14(15)16/h6-10H,2-5,11H2,1H3. The summed E-state index contributed by atoms with van der Waals surface area (Å²) >= 11 is 6.10. The number of pyridine rings is 1. The first-order chi connectivity index (χ1) is 10.3. The highest BCUT2D eigenvalue weighted by atomic mass is 35.5. The zero-order valence-electron chi connectivity index (χ0n) is 12.1. The Labute approximate surface area is 129 Å². The Morgan fingerprint density at radius 2 is 1.90 bits per heavy atom. The minimum Gasteiger partial charge on any atom is -0.497 e. The minimum atomic E-state index is 0.514. The van der Waals surface area contributed by atoms with Crippen LogP contribution in [0.3, 0.4) is 0 Å². The molecule has 0 amide bonds. The van der Waals surface area contributed by atoms with Crippen molar-refractivity contribution < 1.29 is 9.47 Å². The minimum absolute atomic E-state index is 0.514. The van der Waals surface area contributed by atoms with E-state index in [1.807, 2.05) is 30.3 Å². The molecule has 0 saturated carbocycles. The predicted molar refractivity (Wildman–Crippen MR) is 83.2 cm³/mol. The van der Waals surface area contributed by atoms with Crippen LogP contribution in [0.15, 0.2) is 30.3 Å². The van der Waals surface area contributed by atoms with Crippen LogP contribution in [-0.2, 0) is 19.4 Å². The number of hydrogen-bond donors (Lipinski definition) is 0. The van der Waals surface area contributed by atoms with E-state index < -0.39 is 0 Å². The topological polar surface area (TPSA) is 31.4 Å². The van der Waals surface area contributed by atoms with Gasteiger partial charge in [-0.2, -0.15) is 0 Å². The summed E-state index contributed by atoms with van der Waals surface area (Å²) in [6, 6.07) is 9.72. The van der Waals surface area contributed by atoms with E-state index in [0.717, 1.165) is 35.6 Å². The van der Waals surface area contributed by atoms with Gasteiger partial charge in [0.1, 0.15) is 23.3 Å². The number of methoxy groups -OCH3 is 1. The lowest BCUT2D eigenvalue weighted by Gasteiger charge is -2.19. The molecule has 0 aliphatic heterocycles. The van der Waals surface area contributed by atoms with Crippen LogP contribution in [0.1, 0.15) is 29.7 Å². The summed E-state index contributed by atoms with van der Waals surface area (Å²) in [5.74, 6) is 1.73. The molecule has 110 valence electrons. The molecule has 2 aromatic rings. The zero-order valence-corrected chi connectivity index (χ0v) is 12.8. The largest absolute Gasteiger partial charge is 0.497 e. The van der Waals surface area contributed by atoms with Crippen molar-refractivity contribution in [3.63, 3.8) is 0 Å². The number of nitrogens with zero attached hydrogens (tertiary/aromatic N) is 1. The average molecular weight is 304 g/mol. The lowest BCUT2D eigenvalue weighted by atomic mass is 9.95. The first-order valence-corrected chi connectivity index (χ1v) is 7.58. The highest BCUT2D eigenvalue weighted by Crippen LogP contribution is 2.31. The second kappa shape index (κ2) is 6.35. The molecule has 0 N–H and O–H groups in total. The first kappa shape index (κ1) is 14.2. The first-order valence-electron chi connectivity index (χ1n) is 7.20. The molecule has 21 heavy (non-hydrogen) atoms. The number of hydrogen-bond acceptors (Lipinski definition) is 3. The molecule has 0 bridgehead atoms. The molecule has 0 fully saturated rings. The Bertz CT molecular complexity index is 625. The lowest BCUT2D eigenvalue weighted by molar-refractivity contribution is 0.300. The Morgan fingerprint density at radius 3 is 2.67 bits per heavy atom. The van der Waals surface area contributed by atoms with Crippen molar-refractivity contribution >= 4 is 11.6 Å². The molecule has 4 heteroatoms. The van der Waals surface area contributed by atoms with Gasteiger partial charge in [-0.25, -0.2) is 4.98 Å². The second-order valence-electron chi connectivity index (χ2n) is 5.21. The average Bonchev–Trinajstić information content (AvgIpc) is 2.53. The number of benzene rings is 1. The normalized spacial score (nSPS) is 13.6. The predicted octanol–water partition coefficient (Wildman–Crippen LogP) is 4.20. The molecule has 1 heterocycles. The maximum absolute atomic E-state index is 6.10. The molecular formula is C17H18ClNO2. The second-order valence-corrected chi connectivity index (χ2v) is 5.60. The van der Waals surface area contributed by atoms with E-state index in [9.17, 15) is 0 Å². The molecule has 0 atom stereocenters. The monoisotopic (exact) mass is 303 g/mol. The molecule has 0 radical (unpaired) electrons. The Kier molecular flexibility index (Phi) is 4.30. The van der Waals surface area contributed by atoms with E-state index in [0.29, 0.717) is 11.8 Å². The highest BCUT2D eigenvalue weighted by molar-refractivity contribution is 6.29. The molecule has 3 nitrogen and oxygen atoms in total. The fraction of sp³-hybridized carbons (Fsp3) is 0.353. The zero-order chi connectivity index (χ0) is 14.7. The molecule has 0 unspecified atom stereocenters. The van der Waals surface area contributed by atoms with E-state index in [2.05, 4.69) is 4.98 Å². The number of aromatic nitrogens is 1. The summed E-state index contributed by atoms with van der Waals surface area (Å²) in [6.07, 6.45) is 4.39. The van der Waals surface area contributed by atoms with E-state index in [-0.39, 0.29) is 0 Å². The van der Waals surface area contributed by atoms with Crippen molar-refractivity contribution in [3.8, 4) is 11.5 Å². The third kappa shape index (κ3) is 3.30. The third-order valence-electron chi connectivity index (χ3n) is 3.78. The van der Waals surface area contributed by atoms with E-state index in [4.69, 9.17) is 21.1 Å². The Morgan fingerprint density at radius 1 is 1.14 bits per heavy atom. The van der Waals surface area contributed by atoms with Gasteiger partial charge in [0.15, 0.2) is 0 Å². The van der Waals surface area contributed by atoms with Gasteiger partial charge in [0.05, 0.1) is 7.11 Å². The van der Waals surface area contributed by atoms with Gasteiger partial charge in [0.25, 0.3) is 0 Å². The number of rotatable bonds is 4. The lowest BCUT2D eigenvalue weighted by Crippen LogP contribution is -2.08. The maximum Gasteiger partial charge on any atom is 0.133 e. The van der Waals surface area contributed by atoms with Gasteiger partial charge in [0.2, 0.25) is 0 Å². The van der Waals surface area contributed by atoms with Gasteiger partial charge in [-0.3, -0.25) is 0 Å². The van der Waals surface area contributed by atoms with Gasteiger partial charge >= 0.3 is 0 Å². The van der Waals surface area contributed by atoms with Gasteiger partial charge in [-0.15, -0.1) is 0 Å². The van der Waals surface area contributed by atoms with Crippen LogP contribution in [-0.4, -0.2) is 12.1 Å². The molecule has 1 aromatic heterocycles. The maximum atomic E-state index is 6.10. The van der Waals surface area contributed by atoms with Crippen LogP contribution < -0.4 is 9.47 Å². The fourth-order valence-electron chi connectivity index (χ4n) is 2.65. The SMILES string of the molecule is COc1ccc(COc2cc(Cl)nc3c2CCCC3)cc1. The van der Waals surface area contributed by atoms with Crippen LogP contribution in [0, 0.1) is 0 Å². The third-order valence-corrected chi connectivity index (χ3v) is 3.98. The summed E-state index contributed by atoms with van der Waals surface area (Å²) in [4.78, 5) is 4.42. The van der Waals surface area contributed by atoms with Crippen molar-refractivity contribution in [2.75, 3.05) is 7.11 Å². The summed E-state index contributed by atoms with van der Waals surface area (Å²) < 4.78 is 11.1. The molecule has 3 rings (SSSR count). The molecular weight excluding hydrogens is 286 g/mol. The Balaban J connectivity index is 1.76. The molecule has 1 aliphatic rings. The highest BCUT2D eigenvalue weighted by Gasteiger charge is 2.17. The molecule has 1 aliphatic carbocycles. The van der Waals surface area contributed by atoms with Crippen LogP contribution in [0.4, 0.5) is 0 Å². The number of ether oxygens (including phenoxy) is 2. The summed E-state index contributed by atoms with van der Waals surface area (Å²) in [5, 5.41) is 0.514. The van der Waals surface area contributed by atoms with Crippen molar-refractivity contribution in [1.82, 2.24) is 4.98 Å². The van der Waals surface area contributed by atoms with Crippen LogP contribution in [0.25, 0.3) is 0 Å². The molecule has 0 saturated heterocycles. The van der Waals surface area contributed by atoms with Gasteiger partial charge in [0, 0.05) is 17.3 Å². The van der Waals surface area contributed by atoms with Gasteiger partial charge in [-0.05, 0) is 43.4 Å². The van der Waals surface area contributed by atoms with Crippen molar-refractivity contribution in [3.05, 3.63) is 52.3 Å². The molecule has 0 spiro atoms. The van der Waals surface area contributed by atoms with Crippen molar-refractivity contribution in [2.24, 2.45) is 0 Å².